The predicted molar refractivity (Wildman–Crippen MR) is 73.4 cm³/mol. The summed E-state index contributed by atoms with van der Waals surface area (Å²) in [5, 5.41) is 11.7. The first-order chi connectivity index (χ1) is 8.47. The van der Waals surface area contributed by atoms with Crippen LogP contribution in [0.3, 0.4) is 0 Å². The molecule has 0 aliphatic carbocycles. The number of nitrogens with zero attached hydrogens (tertiary/aromatic N) is 1. The number of thioether (sulfide) groups is 1. The van der Waals surface area contributed by atoms with E-state index in [-0.39, 0.29) is 6.04 Å². The maximum atomic E-state index is 11.3. The van der Waals surface area contributed by atoms with Gasteiger partial charge in [-0.25, -0.2) is 8.42 Å². The van der Waals surface area contributed by atoms with Crippen molar-refractivity contribution in [3.63, 3.8) is 0 Å². The van der Waals surface area contributed by atoms with Gasteiger partial charge in [-0.1, -0.05) is 0 Å². The summed E-state index contributed by atoms with van der Waals surface area (Å²) in [6.45, 7) is 0. The molecule has 0 saturated heterocycles. The molecule has 18 heavy (non-hydrogen) atoms. The topological polar surface area (TPSA) is 70.0 Å². The van der Waals surface area contributed by atoms with E-state index in [9.17, 15) is 8.42 Å². The highest BCUT2D eigenvalue weighted by Gasteiger charge is 2.07. The maximum absolute atomic E-state index is 11.3. The molecule has 0 heterocycles. The lowest BCUT2D eigenvalue weighted by molar-refractivity contribution is 0.602. The van der Waals surface area contributed by atoms with Crippen molar-refractivity contribution in [3.05, 3.63) is 24.3 Å². The number of nitrogens with one attached hydrogen (secondary N) is 1. The van der Waals surface area contributed by atoms with E-state index in [1.54, 1.807) is 43.1 Å². The summed E-state index contributed by atoms with van der Waals surface area (Å²) in [6, 6.07) is 8.84. The lowest BCUT2D eigenvalue weighted by Gasteiger charge is -2.07. The van der Waals surface area contributed by atoms with Crippen molar-refractivity contribution in [2.75, 3.05) is 19.1 Å². The summed E-state index contributed by atoms with van der Waals surface area (Å²) in [6.07, 6.45) is 1.95. The Morgan fingerprint density at radius 3 is 2.44 bits per heavy atom. The molecular formula is C12H16N2O2S2. The van der Waals surface area contributed by atoms with Gasteiger partial charge < -0.3 is 5.32 Å². The number of hydrogen-bond acceptors (Lipinski definition) is 5. The molecule has 1 atom stereocenters. The van der Waals surface area contributed by atoms with Crippen molar-refractivity contribution < 1.29 is 8.42 Å². The Hall–Kier alpha value is -1.03. The molecular weight excluding hydrogens is 268 g/mol. The van der Waals surface area contributed by atoms with Gasteiger partial charge in [-0.05, 0) is 37.7 Å². The van der Waals surface area contributed by atoms with Gasteiger partial charge in [0.2, 0.25) is 0 Å². The van der Waals surface area contributed by atoms with Gasteiger partial charge in [0.25, 0.3) is 0 Å². The molecule has 0 fully saturated rings. The lowest BCUT2D eigenvalue weighted by Crippen LogP contribution is -2.23. The second-order valence-corrected chi connectivity index (χ2v) is 7.04. The van der Waals surface area contributed by atoms with Gasteiger partial charge >= 0.3 is 0 Å². The van der Waals surface area contributed by atoms with Crippen LogP contribution in [-0.2, 0) is 9.84 Å². The Balaban J connectivity index is 2.53. The van der Waals surface area contributed by atoms with Crippen molar-refractivity contribution in [1.82, 2.24) is 5.32 Å². The Kier molecular flexibility index (Phi) is 5.66. The first-order valence-corrected chi connectivity index (χ1v) is 8.35. The number of benzene rings is 1. The minimum atomic E-state index is -3.12. The zero-order valence-electron chi connectivity index (χ0n) is 10.4. The van der Waals surface area contributed by atoms with Crippen LogP contribution in [0.15, 0.2) is 34.1 Å². The summed E-state index contributed by atoms with van der Waals surface area (Å²) in [5.41, 5.74) is 0. The zero-order chi connectivity index (χ0) is 13.6. The third kappa shape index (κ3) is 4.69. The Bertz CT molecular complexity index is 518. The van der Waals surface area contributed by atoms with Crippen LogP contribution in [0.2, 0.25) is 0 Å². The predicted octanol–water partition coefficient (Wildman–Crippen LogP) is 1.68. The van der Waals surface area contributed by atoms with Gasteiger partial charge in [0.05, 0.1) is 17.0 Å². The monoisotopic (exact) mass is 284 g/mol. The van der Waals surface area contributed by atoms with E-state index >= 15 is 0 Å². The van der Waals surface area contributed by atoms with E-state index in [1.165, 1.54) is 6.26 Å². The number of hydrogen-bond donors (Lipinski definition) is 1. The van der Waals surface area contributed by atoms with Crippen molar-refractivity contribution >= 4 is 21.6 Å². The molecule has 1 aromatic carbocycles. The van der Waals surface area contributed by atoms with E-state index in [0.717, 1.165) is 17.1 Å². The number of rotatable bonds is 6. The maximum Gasteiger partial charge on any atom is 0.175 e. The average Bonchev–Trinajstić information content (AvgIpc) is 2.34. The molecule has 0 spiro atoms. The van der Waals surface area contributed by atoms with Crippen molar-refractivity contribution in [2.24, 2.45) is 0 Å². The molecule has 0 saturated carbocycles. The second kappa shape index (κ2) is 6.78. The van der Waals surface area contributed by atoms with Crippen LogP contribution < -0.4 is 5.32 Å². The molecule has 1 rings (SSSR count). The highest BCUT2D eigenvalue weighted by Crippen LogP contribution is 2.21. The summed E-state index contributed by atoms with van der Waals surface area (Å²) in [5.74, 6) is 0.817. The fourth-order valence-electron chi connectivity index (χ4n) is 1.35. The molecule has 98 valence electrons. The van der Waals surface area contributed by atoms with Gasteiger partial charge in [-0.3, -0.25) is 0 Å². The minimum absolute atomic E-state index is 0.132. The van der Waals surface area contributed by atoms with Crippen LogP contribution in [0.5, 0.6) is 0 Å². The van der Waals surface area contributed by atoms with Crippen molar-refractivity contribution in [2.45, 2.75) is 22.3 Å². The van der Waals surface area contributed by atoms with Crippen molar-refractivity contribution in [1.29, 1.82) is 5.26 Å². The SMILES string of the molecule is CNC(C#N)CCSc1ccc(S(C)(=O)=O)cc1. The third-order valence-electron chi connectivity index (χ3n) is 2.43. The van der Waals surface area contributed by atoms with Gasteiger partial charge in [0, 0.05) is 16.9 Å². The molecule has 1 unspecified atom stereocenters. The highest BCUT2D eigenvalue weighted by atomic mass is 32.2. The molecule has 0 aliphatic heterocycles. The van der Waals surface area contributed by atoms with Crippen LogP contribution in [0, 0.1) is 11.3 Å². The van der Waals surface area contributed by atoms with Crippen LogP contribution in [0.25, 0.3) is 0 Å². The normalized spacial score (nSPS) is 12.9. The summed E-state index contributed by atoms with van der Waals surface area (Å²) >= 11 is 1.61. The molecule has 0 amide bonds. The van der Waals surface area contributed by atoms with E-state index in [1.807, 2.05) is 0 Å². The van der Waals surface area contributed by atoms with Gasteiger partial charge in [0.15, 0.2) is 9.84 Å². The minimum Gasteiger partial charge on any atom is -0.305 e. The van der Waals surface area contributed by atoms with E-state index in [0.29, 0.717) is 4.90 Å². The third-order valence-corrected chi connectivity index (χ3v) is 4.61. The van der Waals surface area contributed by atoms with Gasteiger partial charge in [0.1, 0.15) is 0 Å². The Labute approximate surface area is 112 Å². The molecule has 4 nitrogen and oxygen atoms in total. The molecule has 6 heteroatoms. The van der Waals surface area contributed by atoms with Crippen LogP contribution in [0.1, 0.15) is 6.42 Å². The van der Waals surface area contributed by atoms with E-state index in [2.05, 4.69) is 11.4 Å². The largest absolute Gasteiger partial charge is 0.305 e. The Morgan fingerprint density at radius 2 is 2.00 bits per heavy atom. The van der Waals surface area contributed by atoms with Gasteiger partial charge in [-0.2, -0.15) is 5.26 Å². The fourth-order valence-corrected chi connectivity index (χ4v) is 2.90. The van der Waals surface area contributed by atoms with E-state index < -0.39 is 9.84 Å². The van der Waals surface area contributed by atoms with E-state index in [4.69, 9.17) is 5.26 Å². The van der Waals surface area contributed by atoms with Crippen LogP contribution in [0.4, 0.5) is 0 Å². The smallest absolute Gasteiger partial charge is 0.175 e. The molecule has 0 radical (unpaired) electrons. The molecule has 1 aromatic rings. The van der Waals surface area contributed by atoms with Crippen LogP contribution >= 0.6 is 11.8 Å². The quantitative estimate of drug-likeness (QED) is 0.805. The fraction of sp³-hybridized carbons (Fsp3) is 0.417. The molecule has 0 bridgehead atoms. The summed E-state index contributed by atoms with van der Waals surface area (Å²) in [4.78, 5) is 1.34. The van der Waals surface area contributed by atoms with Gasteiger partial charge in [-0.15, -0.1) is 11.8 Å². The highest BCUT2D eigenvalue weighted by molar-refractivity contribution is 7.99. The first-order valence-electron chi connectivity index (χ1n) is 5.47. The summed E-state index contributed by atoms with van der Waals surface area (Å²) < 4.78 is 22.5. The van der Waals surface area contributed by atoms with Crippen LogP contribution in [-0.4, -0.2) is 33.5 Å². The zero-order valence-corrected chi connectivity index (χ0v) is 12.0. The summed E-state index contributed by atoms with van der Waals surface area (Å²) in [7, 11) is -1.36. The molecule has 0 aliphatic rings. The standard InChI is InChI=1S/C12H16N2O2S2/c1-14-10(9-13)7-8-17-11-3-5-12(6-4-11)18(2,15)16/h3-6,10,14H,7-8H2,1-2H3. The van der Waals surface area contributed by atoms with Crippen molar-refractivity contribution in [3.8, 4) is 6.07 Å². The number of nitriles is 1. The molecule has 1 N–H and O–H groups in total. The average molecular weight is 284 g/mol. The lowest BCUT2D eigenvalue weighted by atomic mass is 10.3. The Morgan fingerprint density at radius 1 is 1.39 bits per heavy atom. The first kappa shape index (κ1) is 15.0. The second-order valence-electron chi connectivity index (χ2n) is 3.85. The number of sulfone groups is 1. The molecule has 0 aromatic heterocycles.